The molecule has 0 heterocycles. The third kappa shape index (κ3) is 10.2. The average Bonchev–Trinajstić information content (AvgIpc) is 2.14. The van der Waals surface area contributed by atoms with E-state index in [1.165, 1.54) is 0 Å². The Morgan fingerprint density at radius 2 is 1.93 bits per heavy atom. The molecule has 0 saturated heterocycles. The van der Waals surface area contributed by atoms with Gasteiger partial charge in [0.05, 0.1) is 6.61 Å². The second kappa shape index (κ2) is 8.08. The Balaban J connectivity index is 3.40. The van der Waals surface area contributed by atoms with Crippen molar-refractivity contribution >= 4 is 0 Å². The van der Waals surface area contributed by atoms with Crippen LogP contribution in [0.1, 0.15) is 27.2 Å². The van der Waals surface area contributed by atoms with Gasteiger partial charge in [0.25, 0.3) is 0 Å². The molecule has 3 heteroatoms. The second-order valence-corrected chi connectivity index (χ2v) is 5.15. The summed E-state index contributed by atoms with van der Waals surface area (Å²) in [5.41, 5.74) is 0.244. The minimum Gasteiger partial charge on any atom is -0.381 e. The maximum absolute atomic E-state index is 5.68. The molecule has 0 fully saturated rings. The summed E-state index contributed by atoms with van der Waals surface area (Å²) in [4.78, 5) is 2.19. The van der Waals surface area contributed by atoms with Gasteiger partial charge in [0.1, 0.15) is 0 Å². The predicted octanol–water partition coefficient (Wildman–Crippen LogP) is 1.59. The van der Waals surface area contributed by atoms with Crippen molar-refractivity contribution in [2.75, 3.05) is 46.9 Å². The molecular formula is C12H28N2O. The summed E-state index contributed by atoms with van der Waals surface area (Å²) in [6, 6.07) is 0. The van der Waals surface area contributed by atoms with E-state index in [9.17, 15) is 0 Å². The predicted molar refractivity (Wildman–Crippen MR) is 66.3 cm³/mol. The van der Waals surface area contributed by atoms with E-state index in [1.54, 1.807) is 0 Å². The zero-order valence-electron chi connectivity index (χ0n) is 11.1. The van der Waals surface area contributed by atoms with Gasteiger partial charge in [0.15, 0.2) is 0 Å². The lowest BCUT2D eigenvalue weighted by molar-refractivity contribution is 0.0583. The van der Waals surface area contributed by atoms with Crippen LogP contribution in [0.15, 0.2) is 0 Å². The summed E-state index contributed by atoms with van der Waals surface area (Å²) in [5, 5.41) is 3.36. The summed E-state index contributed by atoms with van der Waals surface area (Å²) < 4.78 is 5.68. The first-order valence-corrected chi connectivity index (χ1v) is 5.91. The van der Waals surface area contributed by atoms with Crippen LogP contribution in [-0.4, -0.2) is 51.8 Å². The molecule has 0 bridgehead atoms. The highest BCUT2D eigenvalue weighted by Gasteiger charge is 2.16. The van der Waals surface area contributed by atoms with Crippen molar-refractivity contribution in [1.29, 1.82) is 0 Å². The van der Waals surface area contributed by atoms with Gasteiger partial charge in [-0.2, -0.15) is 0 Å². The van der Waals surface area contributed by atoms with Gasteiger partial charge in [-0.1, -0.05) is 20.8 Å². The molecule has 1 N–H and O–H groups in total. The van der Waals surface area contributed by atoms with Crippen LogP contribution in [0.2, 0.25) is 0 Å². The first kappa shape index (κ1) is 14.9. The number of ether oxygens (including phenoxy) is 1. The second-order valence-electron chi connectivity index (χ2n) is 5.15. The Hall–Kier alpha value is -0.120. The van der Waals surface area contributed by atoms with Crippen molar-refractivity contribution < 1.29 is 4.74 Å². The van der Waals surface area contributed by atoms with Crippen LogP contribution in [0.4, 0.5) is 0 Å². The maximum Gasteiger partial charge on any atom is 0.0529 e. The van der Waals surface area contributed by atoms with Gasteiger partial charge in [-0.3, -0.25) is 0 Å². The molecule has 92 valence electrons. The normalized spacial score (nSPS) is 12.4. The smallest absolute Gasteiger partial charge is 0.0529 e. The van der Waals surface area contributed by atoms with Crippen LogP contribution in [0.3, 0.4) is 0 Å². The minimum atomic E-state index is 0.244. The molecule has 0 aliphatic carbocycles. The van der Waals surface area contributed by atoms with Gasteiger partial charge in [0, 0.05) is 18.6 Å². The van der Waals surface area contributed by atoms with E-state index in [-0.39, 0.29) is 5.41 Å². The van der Waals surface area contributed by atoms with Gasteiger partial charge in [-0.25, -0.2) is 0 Å². The van der Waals surface area contributed by atoms with Crippen molar-refractivity contribution in [1.82, 2.24) is 10.2 Å². The van der Waals surface area contributed by atoms with Crippen molar-refractivity contribution in [3.05, 3.63) is 0 Å². The van der Waals surface area contributed by atoms with Crippen molar-refractivity contribution in [3.8, 4) is 0 Å². The highest BCUT2D eigenvalue weighted by molar-refractivity contribution is 4.70. The van der Waals surface area contributed by atoms with Gasteiger partial charge in [-0.15, -0.1) is 0 Å². The first-order chi connectivity index (χ1) is 6.98. The van der Waals surface area contributed by atoms with Crippen molar-refractivity contribution in [3.63, 3.8) is 0 Å². The standard InChI is InChI=1S/C12H28N2O/c1-6-13-10-12(2,3)11-15-9-7-8-14(4)5/h13H,6-11H2,1-5H3. The quantitative estimate of drug-likeness (QED) is 0.592. The lowest BCUT2D eigenvalue weighted by Crippen LogP contribution is -2.33. The fraction of sp³-hybridized carbons (Fsp3) is 1.00. The molecule has 0 aromatic heterocycles. The van der Waals surface area contributed by atoms with Crippen LogP contribution in [0.25, 0.3) is 0 Å². The summed E-state index contributed by atoms with van der Waals surface area (Å²) in [6.45, 7) is 11.5. The van der Waals surface area contributed by atoms with Gasteiger partial charge in [0.2, 0.25) is 0 Å². The third-order valence-electron chi connectivity index (χ3n) is 2.24. The molecule has 0 unspecified atom stereocenters. The molecule has 0 radical (unpaired) electrons. The SMILES string of the molecule is CCNCC(C)(C)COCCCN(C)C. The highest BCUT2D eigenvalue weighted by Crippen LogP contribution is 2.13. The molecule has 0 saturated carbocycles. The molecule has 3 nitrogen and oxygen atoms in total. The average molecular weight is 216 g/mol. The maximum atomic E-state index is 5.68. The topological polar surface area (TPSA) is 24.5 Å². The number of rotatable bonds is 9. The molecule has 0 aliphatic heterocycles. The molecular weight excluding hydrogens is 188 g/mol. The molecule has 0 rings (SSSR count). The van der Waals surface area contributed by atoms with E-state index in [0.717, 1.165) is 39.3 Å². The largest absolute Gasteiger partial charge is 0.381 e. The van der Waals surface area contributed by atoms with Crippen LogP contribution in [0, 0.1) is 5.41 Å². The summed E-state index contributed by atoms with van der Waals surface area (Å²) >= 11 is 0. The Morgan fingerprint density at radius 3 is 2.47 bits per heavy atom. The van der Waals surface area contributed by atoms with Crippen LogP contribution in [0.5, 0.6) is 0 Å². The third-order valence-corrected chi connectivity index (χ3v) is 2.24. The van der Waals surface area contributed by atoms with Crippen molar-refractivity contribution in [2.45, 2.75) is 27.2 Å². The first-order valence-electron chi connectivity index (χ1n) is 5.91. The lowest BCUT2D eigenvalue weighted by Gasteiger charge is -2.24. The fourth-order valence-corrected chi connectivity index (χ4v) is 1.35. The minimum absolute atomic E-state index is 0.244. The van der Waals surface area contributed by atoms with Gasteiger partial charge < -0.3 is 15.0 Å². The van der Waals surface area contributed by atoms with Crippen LogP contribution in [-0.2, 0) is 4.74 Å². The number of nitrogens with zero attached hydrogens (tertiary/aromatic N) is 1. The highest BCUT2D eigenvalue weighted by atomic mass is 16.5. The van der Waals surface area contributed by atoms with Gasteiger partial charge in [-0.05, 0) is 33.6 Å². The Kier molecular flexibility index (Phi) is 8.02. The van der Waals surface area contributed by atoms with Gasteiger partial charge >= 0.3 is 0 Å². The monoisotopic (exact) mass is 216 g/mol. The van der Waals surface area contributed by atoms with E-state index in [1.807, 2.05) is 0 Å². The molecule has 15 heavy (non-hydrogen) atoms. The van der Waals surface area contributed by atoms with E-state index in [2.05, 4.69) is 45.1 Å². The number of hydrogen-bond acceptors (Lipinski definition) is 3. The summed E-state index contributed by atoms with van der Waals surface area (Å²) in [7, 11) is 4.18. The Labute approximate surface area is 95.2 Å². The molecule has 0 atom stereocenters. The van der Waals surface area contributed by atoms with E-state index in [0.29, 0.717) is 0 Å². The fourth-order valence-electron chi connectivity index (χ4n) is 1.35. The Bertz CT molecular complexity index is 147. The van der Waals surface area contributed by atoms with E-state index in [4.69, 9.17) is 4.74 Å². The van der Waals surface area contributed by atoms with E-state index < -0.39 is 0 Å². The van der Waals surface area contributed by atoms with Crippen molar-refractivity contribution in [2.24, 2.45) is 5.41 Å². The molecule has 0 aromatic rings. The Morgan fingerprint density at radius 1 is 1.27 bits per heavy atom. The molecule has 0 spiro atoms. The number of hydrogen-bond donors (Lipinski definition) is 1. The molecule has 0 aromatic carbocycles. The molecule has 0 aliphatic rings. The van der Waals surface area contributed by atoms with E-state index >= 15 is 0 Å². The zero-order chi connectivity index (χ0) is 11.7. The molecule has 0 amide bonds. The number of nitrogens with one attached hydrogen (secondary N) is 1. The van der Waals surface area contributed by atoms with Crippen LogP contribution >= 0.6 is 0 Å². The lowest BCUT2D eigenvalue weighted by atomic mass is 9.95. The summed E-state index contributed by atoms with van der Waals surface area (Å²) in [6.07, 6.45) is 1.12. The van der Waals surface area contributed by atoms with Crippen LogP contribution < -0.4 is 5.32 Å². The zero-order valence-corrected chi connectivity index (χ0v) is 11.1. The summed E-state index contributed by atoms with van der Waals surface area (Å²) in [5.74, 6) is 0.